The summed E-state index contributed by atoms with van der Waals surface area (Å²) in [6.45, 7) is 14.2. The predicted molar refractivity (Wildman–Crippen MR) is 118 cm³/mol. The number of carbonyl (C=O) groups is 1. The SMILES string of the molecule is CCNC(=NCCCn1nc(C)cc1C)N(C)CC(=O)N(CC)CC.I. The number of carbonyl (C=O) groups excluding carboxylic acids is 1. The Morgan fingerprint density at radius 2 is 1.92 bits per heavy atom. The van der Waals surface area contributed by atoms with Gasteiger partial charge in [0.05, 0.1) is 12.2 Å². The highest BCUT2D eigenvalue weighted by molar-refractivity contribution is 14.0. The lowest BCUT2D eigenvalue weighted by Gasteiger charge is -2.25. The van der Waals surface area contributed by atoms with E-state index in [-0.39, 0.29) is 29.9 Å². The minimum Gasteiger partial charge on any atom is -0.357 e. The number of halogens is 1. The predicted octanol–water partition coefficient (Wildman–Crippen LogP) is 2.27. The van der Waals surface area contributed by atoms with Crippen LogP contribution in [0.2, 0.25) is 0 Å². The minimum absolute atomic E-state index is 0. The number of amides is 1. The summed E-state index contributed by atoms with van der Waals surface area (Å²) >= 11 is 0. The molecule has 7 nitrogen and oxygen atoms in total. The van der Waals surface area contributed by atoms with Gasteiger partial charge in [-0.05, 0) is 47.1 Å². The zero-order valence-corrected chi connectivity index (χ0v) is 19.4. The Labute approximate surface area is 175 Å². The first kappa shape index (κ1) is 24.7. The van der Waals surface area contributed by atoms with E-state index in [0.29, 0.717) is 13.1 Å². The minimum atomic E-state index is 0. The highest BCUT2D eigenvalue weighted by atomic mass is 127. The standard InChI is InChI=1S/C18H34N6O.HI/c1-7-19-18(22(6)14-17(25)23(8-2)9-3)20-11-10-12-24-16(5)13-15(4)21-24;/h13H,7-12,14H2,1-6H3,(H,19,20);1H. The van der Waals surface area contributed by atoms with Gasteiger partial charge in [0.2, 0.25) is 5.91 Å². The number of hydrogen-bond donors (Lipinski definition) is 1. The van der Waals surface area contributed by atoms with Crippen LogP contribution in [0.5, 0.6) is 0 Å². The molecule has 1 amide bonds. The van der Waals surface area contributed by atoms with Crippen molar-refractivity contribution in [2.45, 2.75) is 47.6 Å². The van der Waals surface area contributed by atoms with Crippen molar-refractivity contribution in [2.24, 2.45) is 4.99 Å². The van der Waals surface area contributed by atoms with Gasteiger partial charge in [0.15, 0.2) is 5.96 Å². The molecule has 0 bridgehead atoms. The van der Waals surface area contributed by atoms with Gasteiger partial charge in [-0.25, -0.2) is 0 Å². The molecule has 0 aromatic carbocycles. The number of hydrogen-bond acceptors (Lipinski definition) is 3. The van der Waals surface area contributed by atoms with Crippen molar-refractivity contribution in [3.05, 3.63) is 17.5 Å². The maximum atomic E-state index is 12.3. The summed E-state index contributed by atoms with van der Waals surface area (Å²) in [6.07, 6.45) is 0.911. The second-order valence-corrected chi connectivity index (χ2v) is 6.16. The average Bonchev–Trinajstić information content (AvgIpc) is 2.89. The number of rotatable bonds is 9. The molecule has 0 fully saturated rings. The number of aliphatic imine (C=N–C) groups is 1. The fraction of sp³-hybridized carbons (Fsp3) is 0.722. The Morgan fingerprint density at radius 1 is 1.27 bits per heavy atom. The maximum absolute atomic E-state index is 12.3. The molecule has 1 rings (SSSR count). The molecular weight excluding hydrogens is 443 g/mol. The van der Waals surface area contributed by atoms with Crippen molar-refractivity contribution in [1.29, 1.82) is 0 Å². The highest BCUT2D eigenvalue weighted by Gasteiger charge is 2.14. The van der Waals surface area contributed by atoms with Gasteiger partial charge in [0, 0.05) is 45.5 Å². The zero-order valence-electron chi connectivity index (χ0n) is 17.1. The van der Waals surface area contributed by atoms with E-state index < -0.39 is 0 Å². The topological polar surface area (TPSA) is 65.8 Å². The molecule has 0 saturated heterocycles. The van der Waals surface area contributed by atoms with Gasteiger partial charge in [-0.2, -0.15) is 5.10 Å². The normalized spacial score (nSPS) is 11.1. The van der Waals surface area contributed by atoms with Crippen molar-refractivity contribution in [3.63, 3.8) is 0 Å². The molecule has 0 aliphatic rings. The third kappa shape index (κ3) is 7.92. The van der Waals surface area contributed by atoms with E-state index in [9.17, 15) is 4.79 Å². The number of nitrogens with one attached hydrogen (secondary N) is 1. The lowest BCUT2D eigenvalue weighted by atomic mass is 10.4. The van der Waals surface area contributed by atoms with Crippen LogP contribution in [0.1, 0.15) is 38.6 Å². The molecule has 26 heavy (non-hydrogen) atoms. The lowest BCUT2D eigenvalue weighted by Crippen LogP contribution is -2.45. The molecule has 0 spiro atoms. The Kier molecular flexibility index (Phi) is 12.3. The van der Waals surface area contributed by atoms with Crippen LogP contribution in [-0.4, -0.2) is 71.2 Å². The fourth-order valence-electron chi connectivity index (χ4n) is 2.73. The van der Waals surface area contributed by atoms with Crippen LogP contribution < -0.4 is 5.32 Å². The van der Waals surface area contributed by atoms with Crippen molar-refractivity contribution >= 4 is 35.8 Å². The van der Waals surface area contributed by atoms with Gasteiger partial charge >= 0.3 is 0 Å². The summed E-state index contributed by atoms with van der Waals surface area (Å²) in [4.78, 5) is 20.7. The summed E-state index contributed by atoms with van der Waals surface area (Å²) in [5.41, 5.74) is 2.22. The van der Waals surface area contributed by atoms with E-state index in [2.05, 4.69) is 28.4 Å². The Balaban J connectivity index is 0.00000625. The third-order valence-corrected chi connectivity index (χ3v) is 4.08. The number of nitrogens with zero attached hydrogens (tertiary/aromatic N) is 5. The molecule has 150 valence electrons. The van der Waals surface area contributed by atoms with Crippen LogP contribution in [0.15, 0.2) is 11.1 Å². The van der Waals surface area contributed by atoms with Crippen molar-refractivity contribution in [3.8, 4) is 0 Å². The summed E-state index contributed by atoms with van der Waals surface area (Å²) < 4.78 is 2.02. The molecule has 0 saturated carbocycles. The Bertz CT molecular complexity index is 568. The average molecular weight is 478 g/mol. The second kappa shape index (κ2) is 12.9. The number of aryl methyl sites for hydroxylation is 3. The summed E-state index contributed by atoms with van der Waals surface area (Å²) in [7, 11) is 1.91. The van der Waals surface area contributed by atoms with Crippen LogP contribution in [0, 0.1) is 13.8 Å². The molecule has 0 aliphatic heterocycles. The first-order valence-corrected chi connectivity index (χ1v) is 9.21. The molecule has 1 N–H and O–H groups in total. The molecule has 8 heteroatoms. The monoisotopic (exact) mass is 478 g/mol. The van der Waals surface area contributed by atoms with Gasteiger partial charge in [0.1, 0.15) is 0 Å². The van der Waals surface area contributed by atoms with Gasteiger partial charge in [-0.1, -0.05) is 0 Å². The van der Waals surface area contributed by atoms with E-state index in [4.69, 9.17) is 0 Å². The number of aromatic nitrogens is 2. The quantitative estimate of drug-likeness (QED) is 0.256. The number of likely N-dealkylation sites (N-methyl/N-ethyl adjacent to an activating group) is 2. The third-order valence-electron chi connectivity index (χ3n) is 4.08. The lowest BCUT2D eigenvalue weighted by molar-refractivity contribution is -0.131. The van der Waals surface area contributed by atoms with E-state index in [1.54, 1.807) is 0 Å². The molecule has 1 aromatic rings. The molecule has 0 unspecified atom stereocenters. The van der Waals surface area contributed by atoms with Crippen LogP contribution in [0.25, 0.3) is 0 Å². The van der Waals surface area contributed by atoms with Crippen molar-refractivity contribution in [2.75, 3.05) is 39.8 Å². The van der Waals surface area contributed by atoms with Gasteiger partial charge < -0.3 is 15.1 Å². The van der Waals surface area contributed by atoms with E-state index in [1.807, 2.05) is 49.2 Å². The molecular formula is C18H35IN6O. The highest BCUT2D eigenvalue weighted by Crippen LogP contribution is 2.03. The van der Waals surface area contributed by atoms with Crippen molar-refractivity contribution < 1.29 is 4.79 Å². The second-order valence-electron chi connectivity index (χ2n) is 6.16. The van der Waals surface area contributed by atoms with Crippen LogP contribution in [0.3, 0.4) is 0 Å². The first-order chi connectivity index (χ1) is 11.9. The van der Waals surface area contributed by atoms with Gasteiger partial charge in [0.25, 0.3) is 0 Å². The molecule has 0 aliphatic carbocycles. The fourth-order valence-corrected chi connectivity index (χ4v) is 2.73. The zero-order chi connectivity index (χ0) is 18.8. The summed E-state index contributed by atoms with van der Waals surface area (Å²) in [5.74, 6) is 0.900. The van der Waals surface area contributed by atoms with E-state index in [1.165, 1.54) is 5.69 Å². The molecule has 0 atom stereocenters. The van der Waals surface area contributed by atoms with Gasteiger partial charge in [-0.15, -0.1) is 24.0 Å². The van der Waals surface area contributed by atoms with E-state index in [0.717, 1.165) is 44.3 Å². The molecule has 0 radical (unpaired) electrons. The smallest absolute Gasteiger partial charge is 0.242 e. The Morgan fingerprint density at radius 3 is 2.42 bits per heavy atom. The first-order valence-electron chi connectivity index (χ1n) is 9.21. The van der Waals surface area contributed by atoms with Crippen LogP contribution in [-0.2, 0) is 11.3 Å². The van der Waals surface area contributed by atoms with Crippen LogP contribution >= 0.6 is 24.0 Å². The summed E-state index contributed by atoms with van der Waals surface area (Å²) in [5, 5.41) is 7.73. The summed E-state index contributed by atoms with van der Waals surface area (Å²) in [6, 6.07) is 2.08. The van der Waals surface area contributed by atoms with Gasteiger partial charge in [-0.3, -0.25) is 14.5 Å². The molecule has 1 heterocycles. The van der Waals surface area contributed by atoms with E-state index >= 15 is 0 Å². The van der Waals surface area contributed by atoms with Crippen molar-refractivity contribution in [1.82, 2.24) is 24.9 Å². The molecule has 1 aromatic heterocycles. The van der Waals surface area contributed by atoms with Crippen LogP contribution in [0.4, 0.5) is 0 Å². The number of guanidine groups is 1. The largest absolute Gasteiger partial charge is 0.357 e. The Hall–Kier alpha value is -1.32. The maximum Gasteiger partial charge on any atom is 0.242 e.